The number of hydrogen-bond donors (Lipinski definition) is 1. The van der Waals surface area contributed by atoms with Crippen LogP contribution in [-0.2, 0) is 0 Å². The monoisotopic (exact) mass is 263 g/mol. The van der Waals surface area contributed by atoms with Gasteiger partial charge >= 0.3 is 0 Å². The topological polar surface area (TPSA) is 32.5 Å². The molecule has 0 saturated carbocycles. The molecule has 1 aromatic carbocycles. The number of nitrogens with zero attached hydrogens (tertiary/aromatic N) is 2. The number of likely N-dealkylation sites (tertiary alicyclic amines) is 1. The Morgan fingerprint density at radius 3 is 2.58 bits per heavy atom. The van der Waals surface area contributed by atoms with Crippen LogP contribution >= 0.6 is 0 Å². The Labute approximate surface area is 114 Å². The molecule has 0 amide bonds. The zero-order chi connectivity index (χ0) is 13.2. The highest BCUT2D eigenvalue weighted by molar-refractivity contribution is 5.47. The van der Waals surface area contributed by atoms with Gasteiger partial charge in [0.15, 0.2) is 0 Å². The van der Waals surface area contributed by atoms with Crippen LogP contribution in [0.3, 0.4) is 0 Å². The van der Waals surface area contributed by atoms with Crippen LogP contribution < -0.4 is 10.6 Å². The van der Waals surface area contributed by atoms with Gasteiger partial charge in [0, 0.05) is 31.4 Å². The first-order chi connectivity index (χ1) is 9.26. The van der Waals surface area contributed by atoms with E-state index in [2.05, 4.69) is 9.80 Å². The minimum absolute atomic E-state index is 0.162. The van der Waals surface area contributed by atoms with Crippen molar-refractivity contribution >= 4 is 5.69 Å². The standard InChI is InChI=1S/C15H22FN3/c16-13-1-3-14(4-2-13)19-8-6-15(11-19)18-7-5-12(9-17)10-18/h1-4,12,15H,5-11,17H2. The molecule has 2 atom stereocenters. The largest absolute Gasteiger partial charge is 0.370 e. The molecule has 0 bridgehead atoms. The van der Waals surface area contributed by atoms with Crippen LogP contribution in [0.25, 0.3) is 0 Å². The maximum atomic E-state index is 12.9. The van der Waals surface area contributed by atoms with Crippen molar-refractivity contribution in [2.75, 3.05) is 37.6 Å². The lowest BCUT2D eigenvalue weighted by Gasteiger charge is -2.25. The van der Waals surface area contributed by atoms with Crippen LogP contribution in [0.5, 0.6) is 0 Å². The van der Waals surface area contributed by atoms with Gasteiger partial charge in [-0.05, 0) is 56.1 Å². The minimum atomic E-state index is -0.162. The van der Waals surface area contributed by atoms with E-state index in [-0.39, 0.29) is 5.82 Å². The molecule has 2 aliphatic heterocycles. The van der Waals surface area contributed by atoms with Gasteiger partial charge in [-0.25, -0.2) is 4.39 Å². The predicted molar refractivity (Wildman–Crippen MR) is 75.8 cm³/mol. The van der Waals surface area contributed by atoms with Gasteiger partial charge in [0.1, 0.15) is 5.82 Å². The highest BCUT2D eigenvalue weighted by Crippen LogP contribution is 2.26. The molecular weight excluding hydrogens is 241 g/mol. The molecule has 2 N–H and O–H groups in total. The number of benzene rings is 1. The van der Waals surface area contributed by atoms with Crippen molar-refractivity contribution in [1.29, 1.82) is 0 Å². The zero-order valence-electron chi connectivity index (χ0n) is 11.3. The maximum absolute atomic E-state index is 12.9. The molecule has 2 unspecified atom stereocenters. The lowest BCUT2D eigenvalue weighted by molar-refractivity contribution is 0.251. The fourth-order valence-corrected chi connectivity index (χ4v) is 3.31. The fourth-order valence-electron chi connectivity index (χ4n) is 3.31. The number of rotatable bonds is 3. The first kappa shape index (κ1) is 12.9. The first-order valence-electron chi connectivity index (χ1n) is 7.21. The van der Waals surface area contributed by atoms with Gasteiger partial charge in [-0.3, -0.25) is 4.90 Å². The second-order valence-corrected chi connectivity index (χ2v) is 5.75. The number of nitrogens with two attached hydrogens (primary N) is 1. The second-order valence-electron chi connectivity index (χ2n) is 5.75. The molecule has 1 aromatic rings. The van der Waals surface area contributed by atoms with Crippen LogP contribution in [0.2, 0.25) is 0 Å². The molecule has 0 spiro atoms. The van der Waals surface area contributed by atoms with Gasteiger partial charge in [-0.15, -0.1) is 0 Å². The summed E-state index contributed by atoms with van der Waals surface area (Å²) in [6, 6.07) is 7.49. The lowest BCUT2D eigenvalue weighted by Crippen LogP contribution is -2.36. The van der Waals surface area contributed by atoms with E-state index >= 15 is 0 Å². The van der Waals surface area contributed by atoms with Crippen molar-refractivity contribution in [1.82, 2.24) is 4.90 Å². The third kappa shape index (κ3) is 2.74. The van der Waals surface area contributed by atoms with Gasteiger partial charge in [0.25, 0.3) is 0 Å². The zero-order valence-corrected chi connectivity index (χ0v) is 11.3. The van der Waals surface area contributed by atoms with Crippen LogP contribution in [-0.4, -0.2) is 43.7 Å². The van der Waals surface area contributed by atoms with Crippen molar-refractivity contribution in [3.05, 3.63) is 30.1 Å². The Morgan fingerprint density at radius 2 is 1.89 bits per heavy atom. The summed E-state index contributed by atoms with van der Waals surface area (Å²) in [5.74, 6) is 0.518. The van der Waals surface area contributed by atoms with Gasteiger partial charge in [0.2, 0.25) is 0 Å². The van der Waals surface area contributed by atoms with E-state index in [0.717, 1.165) is 31.9 Å². The van der Waals surface area contributed by atoms with Crippen molar-refractivity contribution in [2.45, 2.75) is 18.9 Å². The average molecular weight is 263 g/mol. The molecule has 3 rings (SSSR count). The molecule has 0 aromatic heterocycles. The normalized spacial score (nSPS) is 28.2. The van der Waals surface area contributed by atoms with E-state index in [9.17, 15) is 4.39 Å². The Morgan fingerprint density at radius 1 is 1.11 bits per heavy atom. The molecule has 2 heterocycles. The molecular formula is C15H22FN3. The molecule has 2 aliphatic rings. The summed E-state index contributed by atoms with van der Waals surface area (Å²) in [7, 11) is 0. The summed E-state index contributed by atoms with van der Waals surface area (Å²) < 4.78 is 12.9. The van der Waals surface area contributed by atoms with Gasteiger partial charge in [-0.2, -0.15) is 0 Å². The van der Waals surface area contributed by atoms with Crippen molar-refractivity contribution in [2.24, 2.45) is 11.7 Å². The van der Waals surface area contributed by atoms with E-state index in [0.29, 0.717) is 12.0 Å². The van der Waals surface area contributed by atoms with Gasteiger partial charge in [-0.1, -0.05) is 0 Å². The quantitative estimate of drug-likeness (QED) is 0.900. The van der Waals surface area contributed by atoms with Crippen LogP contribution in [0.15, 0.2) is 24.3 Å². The van der Waals surface area contributed by atoms with E-state index in [4.69, 9.17) is 5.73 Å². The highest BCUT2D eigenvalue weighted by Gasteiger charge is 2.32. The molecule has 0 radical (unpaired) electrons. The molecule has 0 aliphatic carbocycles. The summed E-state index contributed by atoms with van der Waals surface area (Å²) in [5, 5.41) is 0. The molecule has 3 nitrogen and oxygen atoms in total. The molecule has 2 saturated heterocycles. The Bertz CT molecular complexity index is 420. The molecule has 19 heavy (non-hydrogen) atoms. The van der Waals surface area contributed by atoms with Gasteiger partial charge < -0.3 is 10.6 Å². The summed E-state index contributed by atoms with van der Waals surface area (Å²) in [6.07, 6.45) is 2.44. The molecule has 104 valence electrons. The Hall–Kier alpha value is -1.13. The second kappa shape index (κ2) is 5.47. The van der Waals surface area contributed by atoms with Crippen molar-refractivity contribution in [3.8, 4) is 0 Å². The number of hydrogen-bond acceptors (Lipinski definition) is 3. The van der Waals surface area contributed by atoms with E-state index in [1.54, 1.807) is 12.1 Å². The van der Waals surface area contributed by atoms with Gasteiger partial charge in [0.05, 0.1) is 0 Å². The maximum Gasteiger partial charge on any atom is 0.123 e. The number of halogens is 1. The third-order valence-electron chi connectivity index (χ3n) is 4.52. The van der Waals surface area contributed by atoms with E-state index in [1.165, 1.54) is 19.4 Å². The minimum Gasteiger partial charge on any atom is -0.370 e. The Kier molecular flexibility index (Phi) is 3.71. The smallest absolute Gasteiger partial charge is 0.123 e. The third-order valence-corrected chi connectivity index (χ3v) is 4.52. The summed E-state index contributed by atoms with van der Waals surface area (Å²) in [5.41, 5.74) is 6.89. The summed E-state index contributed by atoms with van der Waals surface area (Å²) in [6.45, 7) is 5.27. The van der Waals surface area contributed by atoms with Crippen LogP contribution in [0.4, 0.5) is 10.1 Å². The van der Waals surface area contributed by atoms with E-state index < -0.39 is 0 Å². The molecule has 2 fully saturated rings. The summed E-state index contributed by atoms with van der Waals surface area (Å²) >= 11 is 0. The molecule has 4 heteroatoms. The van der Waals surface area contributed by atoms with Crippen LogP contribution in [0.1, 0.15) is 12.8 Å². The highest BCUT2D eigenvalue weighted by atomic mass is 19.1. The lowest BCUT2D eigenvalue weighted by atomic mass is 10.1. The SMILES string of the molecule is NCC1CCN(C2CCN(c3ccc(F)cc3)C2)C1. The average Bonchev–Trinajstić information content (AvgIpc) is 3.08. The van der Waals surface area contributed by atoms with Crippen molar-refractivity contribution in [3.63, 3.8) is 0 Å². The van der Waals surface area contributed by atoms with Crippen molar-refractivity contribution < 1.29 is 4.39 Å². The first-order valence-corrected chi connectivity index (χ1v) is 7.21. The predicted octanol–water partition coefficient (Wildman–Crippen LogP) is 1.68. The number of anilines is 1. The fraction of sp³-hybridized carbons (Fsp3) is 0.600. The summed E-state index contributed by atoms with van der Waals surface area (Å²) in [4.78, 5) is 4.95. The Balaban J connectivity index is 1.60. The van der Waals surface area contributed by atoms with Crippen LogP contribution in [0, 0.1) is 11.7 Å². The van der Waals surface area contributed by atoms with E-state index in [1.807, 2.05) is 12.1 Å².